The Morgan fingerprint density at radius 2 is 2.47 bits per heavy atom. The van der Waals surface area contributed by atoms with Crippen molar-refractivity contribution in [3.8, 4) is 0 Å². The van der Waals surface area contributed by atoms with Gasteiger partial charge >= 0.3 is 0 Å². The van der Waals surface area contributed by atoms with E-state index in [0.29, 0.717) is 5.69 Å². The van der Waals surface area contributed by atoms with Gasteiger partial charge in [-0.2, -0.15) is 5.10 Å². The molecule has 0 saturated carbocycles. The Morgan fingerprint density at radius 1 is 1.67 bits per heavy atom. The zero-order chi connectivity index (χ0) is 10.9. The first kappa shape index (κ1) is 10.3. The Bertz CT molecular complexity index is 451. The van der Waals surface area contributed by atoms with E-state index in [2.05, 4.69) is 15.1 Å². The van der Waals surface area contributed by atoms with Gasteiger partial charge in [-0.25, -0.2) is 13.1 Å². The number of sulfonamides is 1. The summed E-state index contributed by atoms with van der Waals surface area (Å²) in [5.41, 5.74) is 0.538. The van der Waals surface area contributed by atoms with Crippen LogP contribution in [0.1, 0.15) is 13.3 Å². The molecule has 6 nitrogen and oxygen atoms in total. The Labute approximate surface area is 88.7 Å². The molecule has 0 aromatic carbocycles. The van der Waals surface area contributed by atoms with Gasteiger partial charge in [0, 0.05) is 13.1 Å². The number of rotatable bonds is 3. The van der Waals surface area contributed by atoms with E-state index < -0.39 is 10.0 Å². The molecule has 0 amide bonds. The molecule has 7 heteroatoms. The van der Waals surface area contributed by atoms with Crippen LogP contribution in [0.4, 0.5) is 11.5 Å². The minimum atomic E-state index is -3.22. The first-order chi connectivity index (χ1) is 7.12. The molecule has 0 saturated heterocycles. The van der Waals surface area contributed by atoms with Crippen molar-refractivity contribution in [2.45, 2.75) is 19.9 Å². The molecule has 2 rings (SSSR count). The second-order valence-corrected chi connectivity index (χ2v) is 5.43. The third kappa shape index (κ3) is 2.06. The van der Waals surface area contributed by atoms with E-state index >= 15 is 0 Å². The van der Waals surface area contributed by atoms with Gasteiger partial charge in [0.25, 0.3) is 0 Å². The van der Waals surface area contributed by atoms with Crippen LogP contribution in [-0.2, 0) is 16.6 Å². The minimum absolute atomic E-state index is 0.0671. The van der Waals surface area contributed by atoms with Crippen LogP contribution in [0.5, 0.6) is 0 Å². The van der Waals surface area contributed by atoms with Gasteiger partial charge in [0.1, 0.15) is 11.5 Å². The SMILES string of the molecule is CCS(=O)(=O)Nc1cnn2c1NCCC2. The van der Waals surface area contributed by atoms with Crippen molar-refractivity contribution in [3.05, 3.63) is 6.20 Å². The van der Waals surface area contributed by atoms with Gasteiger partial charge in [-0.1, -0.05) is 0 Å². The lowest BCUT2D eigenvalue weighted by Gasteiger charge is -2.17. The van der Waals surface area contributed by atoms with Crippen molar-refractivity contribution in [1.82, 2.24) is 9.78 Å². The van der Waals surface area contributed by atoms with Crippen molar-refractivity contribution < 1.29 is 8.42 Å². The average molecular weight is 230 g/mol. The maximum Gasteiger partial charge on any atom is 0.232 e. The summed E-state index contributed by atoms with van der Waals surface area (Å²) in [6.45, 7) is 3.29. The molecule has 0 fully saturated rings. The maximum absolute atomic E-state index is 11.4. The highest BCUT2D eigenvalue weighted by Gasteiger charge is 2.17. The average Bonchev–Trinajstić information content (AvgIpc) is 2.62. The predicted octanol–water partition coefficient (Wildman–Crippen LogP) is 0.460. The van der Waals surface area contributed by atoms with Crippen LogP contribution in [-0.4, -0.2) is 30.5 Å². The van der Waals surface area contributed by atoms with Crippen LogP contribution in [0.3, 0.4) is 0 Å². The molecule has 0 aliphatic carbocycles. The highest BCUT2D eigenvalue weighted by molar-refractivity contribution is 7.92. The van der Waals surface area contributed by atoms with Crippen LogP contribution >= 0.6 is 0 Å². The van der Waals surface area contributed by atoms with Gasteiger partial charge in [0.15, 0.2) is 0 Å². The zero-order valence-corrected chi connectivity index (χ0v) is 9.34. The Kier molecular flexibility index (Phi) is 2.56. The topological polar surface area (TPSA) is 76.0 Å². The standard InChI is InChI=1S/C8H14N4O2S/c1-2-15(13,14)11-7-6-10-12-5-3-4-9-8(7)12/h6,9,11H,2-5H2,1H3. The van der Waals surface area contributed by atoms with Gasteiger partial charge in [-0.05, 0) is 13.3 Å². The smallest absolute Gasteiger partial charge is 0.232 e. The summed E-state index contributed by atoms with van der Waals surface area (Å²) in [5.74, 6) is 0.829. The molecule has 2 N–H and O–H groups in total. The Morgan fingerprint density at radius 3 is 3.20 bits per heavy atom. The lowest BCUT2D eigenvalue weighted by atomic mass is 10.3. The molecular weight excluding hydrogens is 216 g/mol. The van der Waals surface area contributed by atoms with E-state index in [9.17, 15) is 8.42 Å². The first-order valence-electron chi connectivity index (χ1n) is 4.92. The summed E-state index contributed by atoms with van der Waals surface area (Å²) in [6, 6.07) is 0. The molecule has 1 aromatic heterocycles. The van der Waals surface area contributed by atoms with E-state index in [4.69, 9.17) is 0 Å². The predicted molar refractivity (Wildman–Crippen MR) is 58.4 cm³/mol. The normalized spacial score (nSPS) is 15.5. The number of nitrogens with one attached hydrogen (secondary N) is 2. The molecule has 1 aliphatic heterocycles. The van der Waals surface area contributed by atoms with Gasteiger partial charge in [-0.15, -0.1) is 0 Å². The summed E-state index contributed by atoms with van der Waals surface area (Å²) in [7, 11) is -3.22. The summed E-state index contributed by atoms with van der Waals surface area (Å²) in [5, 5.41) is 7.23. The molecule has 15 heavy (non-hydrogen) atoms. The summed E-state index contributed by atoms with van der Waals surface area (Å²) < 4.78 is 27.0. The van der Waals surface area contributed by atoms with E-state index in [1.807, 2.05) is 0 Å². The number of aryl methyl sites for hydroxylation is 1. The van der Waals surface area contributed by atoms with Crippen molar-refractivity contribution in [3.63, 3.8) is 0 Å². The summed E-state index contributed by atoms with van der Waals surface area (Å²) in [6.07, 6.45) is 2.55. The van der Waals surface area contributed by atoms with Crippen molar-refractivity contribution >= 4 is 21.5 Å². The molecule has 1 aliphatic rings. The van der Waals surface area contributed by atoms with Crippen LogP contribution < -0.4 is 10.0 Å². The van der Waals surface area contributed by atoms with Gasteiger partial charge in [0.2, 0.25) is 10.0 Å². The first-order valence-corrected chi connectivity index (χ1v) is 6.58. The van der Waals surface area contributed by atoms with Crippen LogP contribution in [0.15, 0.2) is 6.20 Å². The number of aromatic nitrogens is 2. The second kappa shape index (κ2) is 3.73. The van der Waals surface area contributed by atoms with Crippen molar-refractivity contribution in [2.75, 3.05) is 22.3 Å². The molecule has 1 aromatic rings. The van der Waals surface area contributed by atoms with Gasteiger partial charge in [0.05, 0.1) is 11.9 Å². The highest BCUT2D eigenvalue weighted by atomic mass is 32.2. The quantitative estimate of drug-likeness (QED) is 0.791. The third-order valence-corrected chi connectivity index (χ3v) is 3.62. The lowest BCUT2D eigenvalue weighted by Crippen LogP contribution is -2.20. The van der Waals surface area contributed by atoms with Crippen LogP contribution in [0.25, 0.3) is 0 Å². The fourth-order valence-corrected chi connectivity index (χ4v) is 2.12. The maximum atomic E-state index is 11.4. The molecule has 2 heterocycles. The molecule has 84 valence electrons. The number of fused-ring (bicyclic) bond motifs is 1. The number of hydrogen-bond donors (Lipinski definition) is 2. The van der Waals surface area contributed by atoms with Crippen LogP contribution in [0, 0.1) is 0 Å². The van der Waals surface area contributed by atoms with E-state index in [-0.39, 0.29) is 5.75 Å². The number of nitrogens with zero attached hydrogens (tertiary/aromatic N) is 2. The number of anilines is 2. The highest BCUT2D eigenvalue weighted by Crippen LogP contribution is 2.24. The summed E-state index contributed by atoms with van der Waals surface area (Å²) >= 11 is 0. The molecular formula is C8H14N4O2S. The minimum Gasteiger partial charge on any atom is -0.368 e. The van der Waals surface area contributed by atoms with Crippen molar-refractivity contribution in [2.24, 2.45) is 0 Å². The fraction of sp³-hybridized carbons (Fsp3) is 0.625. The molecule has 0 atom stereocenters. The third-order valence-electron chi connectivity index (χ3n) is 2.32. The number of hydrogen-bond acceptors (Lipinski definition) is 4. The lowest BCUT2D eigenvalue weighted by molar-refractivity contribution is 0.568. The molecule has 0 unspecified atom stereocenters. The van der Waals surface area contributed by atoms with E-state index in [1.165, 1.54) is 0 Å². The Hall–Kier alpha value is -1.24. The van der Waals surface area contributed by atoms with E-state index in [0.717, 1.165) is 25.3 Å². The van der Waals surface area contributed by atoms with E-state index in [1.54, 1.807) is 17.8 Å². The van der Waals surface area contributed by atoms with Crippen LogP contribution in [0.2, 0.25) is 0 Å². The summed E-state index contributed by atoms with van der Waals surface area (Å²) in [4.78, 5) is 0. The van der Waals surface area contributed by atoms with Gasteiger partial charge in [-0.3, -0.25) is 4.72 Å². The second-order valence-electron chi connectivity index (χ2n) is 3.42. The monoisotopic (exact) mass is 230 g/mol. The zero-order valence-electron chi connectivity index (χ0n) is 8.52. The fourth-order valence-electron chi connectivity index (χ4n) is 1.49. The van der Waals surface area contributed by atoms with Gasteiger partial charge < -0.3 is 5.32 Å². The largest absolute Gasteiger partial charge is 0.368 e. The Balaban J connectivity index is 2.26. The molecule has 0 spiro atoms. The molecule has 0 bridgehead atoms. The molecule has 0 radical (unpaired) electrons. The van der Waals surface area contributed by atoms with Crippen molar-refractivity contribution in [1.29, 1.82) is 0 Å².